The lowest BCUT2D eigenvalue weighted by molar-refractivity contribution is 0.0117. The summed E-state index contributed by atoms with van der Waals surface area (Å²) >= 11 is 0. The molecule has 2 atom stereocenters. The molecule has 0 radical (unpaired) electrons. The Kier molecular flexibility index (Phi) is 7.15. The Labute approximate surface area is 111 Å². The molecular formula is C14H29NO3. The van der Waals surface area contributed by atoms with Gasteiger partial charge in [0.1, 0.15) is 0 Å². The quantitative estimate of drug-likeness (QED) is 0.650. The largest absolute Gasteiger partial charge is 0.389 e. The van der Waals surface area contributed by atoms with Crippen molar-refractivity contribution < 1.29 is 14.6 Å². The summed E-state index contributed by atoms with van der Waals surface area (Å²) in [4.78, 5) is 0. The third-order valence-electron chi connectivity index (χ3n) is 3.59. The van der Waals surface area contributed by atoms with Crippen molar-refractivity contribution in [1.29, 1.82) is 0 Å². The van der Waals surface area contributed by atoms with Crippen LogP contribution in [0.15, 0.2) is 0 Å². The lowest BCUT2D eigenvalue weighted by atomic mass is 9.75. The highest BCUT2D eigenvalue weighted by molar-refractivity contribution is 4.83. The molecule has 1 rings (SSSR count). The number of hydrogen-bond donors (Lipinski definition) is 2. The minimum Gasteiger partial charge on any atom is -0.389 e. The average Bonchev–Trinajstić information content (AvgIpc) is 2.31. The van der Waals surface area contributed by atoms with E-state index in [4.69, 9.17) is 9.47 Å². The highest BCUT2D eigenvalue weighted by Gasteiger charge is 2.27. The van der Waals surface area contributed by atoms with Crippen LogP contribution in [0.25, 0.3) is 0 Å². The Hall–Kier alpha value is -0.160. The van der Waals surface area contributed by atoms with Gasteiger partial charge in [0, 0.05) is 19.7 Å². The van der Waals surface area contributed by atoms with Crippen LogP contribution in [0.1, 0.15) is 39.5 Å². The van der Waals surface area contributed by atoms with E-state index in [0.29, 0.717) is 37.8 Å². The number of hydrogen-bond acceptors (Lipinski definition) is 4. The van der Waals surface area contributed by atoms with E-state index in [1.807, 2.05) is 0 Å². The summed E-state index contributed by atoms with van der Waals surface area (Å²) in [6.07, 6.45) is 4.59. The van der Waals surface area contributed by atoms with E-state index >= 15 is 0 Å². The molecule has 0 aromatic heterocycles. The van der Waals surface area contributed by atoms with Gasteiger partial charge >= 0.3 is 0 Å². The second kappa shape index (κ2) is 8.10. The van der Waals surface area contributed by atoms with E-state index in [0.717, 1.165) is 0 Å². The van der Waals surface area contributed by atoms with Crippen molar-refractivity contribution in [3.63, 3.8) is 0 Å². The van der Waals surface area contributed by atoms with Crippen LogP contribution < -0.4 is 5.32 Å². The topological polar surface area (TPSA) is 50.7 Å². The Morgan fingerprint density at radius 1 is 1.39 bits per heavy atom. The summed E-state index contributed by atoms with van der Waals surface area (Å²) in [5.74, 6) is 0. The number of rotatable bonds is 8. The van der Waals surface area contributed by atoms with Crippen molar-refractivity contribution in [3.8, 4) is 0 Å². The van der Waals surface area contributed by atoms with Crippen LogP contribution in [0, 0.1) is 5.41 Å². The van der Waals surface area contributed by atoms with Gasteiger partial charge in [-0.25, -0.2) is 0 Å². The van der Waals surface area contributed by atoms with Crippen LogP contribution in [0.2, 0.25) is 0 Å². The van der Waals surface area contributed by atoms with Crippen molar-refractivity contribution in [1.82, 2.24) is 5.32 Å². The van der Waals surface area contributed by atoms with Gasteiger partial charge in [0.05, 0.1) is 25.9 Å². The summed E-state index contributed by atoms with van der Waals surface area (Å²) in [6, 6.07) is 0.544. The summed E-state index contributed by atoms with van der Waals surface area (Å²) < 4.78 is 10.2. The minimum atomic E-state index is -0.424. The van der Waals surface area contributed by atoms with E-state index in [2.05, 4.69) is 19.2 Å². The number of aliphatic hydroxyl groups is 1. The van der Waals surface area contributed by atoms with Crippen LogP contribution in [0.5, 0.6) is 0 Å². The number of aliphatic hydroxyl groups excluding tert-OH is 1. The average molecular weight is 259 g/mol. The Bertz CT molecular complexity index is 221. The molecule has 0 spiro atoms. The minimum absolute atomic E-state index is 0.381. The zero-order valence-corrected chi connectivity index (χ0v) is 12.1. The molecular weight excluding hydrogens is 230 g/mol. The predicted octanol–water partition coefficient (Wildman–Crippen LogP) is 1.57. The van der Waals surface area contributed by atoms with Crippen LogP contribution in [-0.4, -0.2) is 50.7 Å². The predicted molar refractivity (Wildman–Crippen MR) is 72.7 cm³/mol. The van der Waals surface area contributed by atoms with Gasteiger partial charge < -0.3 is 19.9 Å². The monoisotopic (exact) mass is 259 g/mol. The number of ether oxygens (including phenoxy) is 2. The zero-order chi connectivity index (χ0) is 13.4. The Balaban J connectivity index is 2.08. The van der Waals surface area contributed by atoms with Crippen LogP contribution in [0.4, 0.5) is 0 Å². The molecule has 2 N–H and O–H groups in total. The maximum Gasteiger partial charge on any atom is 0.0897 e. The van der Waals surface area contributed by atoms with Crippen LogP contribution >= 0.6 is 0 Å². The molecule has 18 heavy (non-hydrogen) atoms. The van der Waals surface area contributed by atoms with E-state index in [1.54, 1.807) is 7.11 Å². The molecule has 0 heterocycles. The second-order valence-electron chi connectivity index (χ2n) is 6.09. The van der Waals surface area contributed by atoms with Gasteiger partial charge in [-0.15, -0.1) is 0 Å². The standard InChI is InChI=1S/C14H29NO3/c1-14(2)6-4-5-12(9-14)15-10-13(16)11-18-8-7-17-3/h12-13,15-16H,4-11H2,1-3H3. The van der Waals surface area contributed by atoms with Crippen molar-refractivity contribution in [3.05, 3.63) is 0 Å². The fourth-order valence-electron chi connectivity index (χ4n) is 2.60. The van der Waals surface area contributed by atoms with Crippen molar-refractivity contribution in [2.45, 2.75) is 51.7 Å². The van der Waals surface area contributed by atoms with Crippen molar-refractivity contribution >= 4 is 0 Å². The molecule has 108 valence electrons. The highest BCUT2D eigenvalue weighted by Crippen LogP contribution is 2.34. The molecule has 1 fully saturated rings. The van der Waals surface area contributed by atoms with E-state index in [9.17, 15) is 5.11 Å². The smallest absolute Gasteiger partial charge is 0.0897 e. The molecule has 4 nitrogen and oxygen atoms in total. The fraction of sp³-hybridized carbons (Fsp3) is 1.00. The molecule has 1 saturated carbocycles. The summed E-state index contributed by atoms with van der Waals surface area (Å²) in [5.41, 5.74) is 0.440. The first-order valence-corrected chi connectivity index (χ1v) is 7.01. The molecule has 0 amide bonds. The maximum absolute atomic E-state index is 9.78. The van der Waals surface area contributed by atoms with Gasteiger partial charge in [0.25, 0.3) is 0 Å². The van der Waals surface area contributed by atoms with Gasteiger partial charge in [-0.2, -0.15) is 0 Å². The lowest BCUT2D eigenvalue weighted by Crippen LogP contribution is -2.42. The SMILES string of the molecule is COCCOCC(O)CNC1CCCC(C)(C)C1. The number of nitrogens with one attached hydrogen (secondary N) is 1. The highest BCUT2D eigenvalue weighted by atomic mass is 16.5. The van der Waals surface area contributed by atoms with E-state index in [-0.39, 0.29) is 0 Å². The lowest BCUT2D eigenvalue weighted by Gasteiger charge is -2.36. The van der Waals surface area contributed by atoms with Crippen molar-refractivity contribution in [2.75, 3.05) is 33.5 Å². The second-order valence-corrected chi connectivity index (χ2v) is 6.09. The first-order chi connectivity index (χ1) is 8.53. The fourth-order valence-corrected chi connectivity index (χ4v) is 2.60. The molecule has 0 aromatic rings. The molecule has 0 aromatic carbocycles. The zero-order valence-electron chi connectivity index (χ0n) is 12.1. The Morgan fingerprint density at radius 3 is 2.83 bits per heavy atom. The maximum atomic E-state index is 9.78. The van der Waals surface area contributed by atoms with E-state index in [1.165, 1.54) is 25.7 Å². The first-order valence-electron chi connectivity index (χ1n) is 7.01. The first kappa shape index (κ1) is 15.9. The van der Waals surface area contributed by atoms with Gasteiger partial charge in [0.2, 0.25) is 0 Å². The van der Waals surface area contributed by atoms with Gasteiger partial charge in [0.15, 0.2) is 0 Å². The van der Waals surface area contributed by atoms with Crippen LogP contribution in [0.3, 0.4) is 0 Å². The van der Waals surface area contributed by atoms with Crippen molar-refractivity contribution in [2.24, 2.45) is 5.41 Å². The molecule has 1 aliphatic rings. The summed E-state index contributed by atoms with van der Waals surface area (Å²) in [6.45, 7) is 6.78. The van der Waals surface area contributed by atoms with E-state index < -0.39 is 6.10 Å². The molecule has 0 saturated heterocycles. The van der Waals surface area contributed by atoms with Gasteiger partial charge in [-0.3, -0.25) is 0 Å². The van der Waals surface area contributed by atoms with Crippen LogP contribution in [-0.2, 0) is 9.47 Å². The van der Waals surface area contributed by atoms with Gasteiger partial charge in [-0.1, -0.05) is 20.3 Å². The number of methoxy groups -OCH3 is 1. The molecule has 2 unspecified atom stereocenters. The Morgan fingerprint density at radius 2 is 2.17 bits per heavy atom. The molecule has 1 aliphatic carbocycles. The summed E-state index contributed by atoms with van der Waals surface area (Å²) in [7, 11) is 1.65. The molecule has 0 aliphatic heterocycles. The normalized spacial score (nSPS) is 25.0. The third kappa shape index (κ3) is 6.69. The third-order valence-corrected chi connectivity index (χ3v) is 3.59. The molecule has 0 bridgehead atoms. The summed E-state index contributed by atoms with van der Waals surface area (Å²) in [5, 5.41) is 13.2. The van der Waals surface area contributed by atoms with Gasteiger partial charge in [-0.05, 0) is 24.7 Å². The molecule has 4 heteroatoms.